The normalized spacial score (nSPS) is 14.1. The number of benzene rings is 2. The van der Waals surface area contributed by atoms with Gasteiger partial charge in [-0.3, -0.25) is 4.79 Å². The van der Waals surface area contributed by atoms with Gasteiger partial charge < -0.3 is 5.73 Å². The number of aromatic nitrogens is 5. The molecule has 2 aromatic carbocycles. The number of hydrazone groups is 1. The molecule has 4 aromatic rings. The molecular formula is C20H16N8O2. The fraction of sp³-hybridized carbons (Fsp3) is 0.100. The summed E-state index contributed by atoms with van der Waals surface area (Å²) in [6.45, 7) is 0. The van der Waals surface area contributed by atoms with E-state index in [0.717, 1.165) is 24.1 Å². The lowest BCUT2D eigenvalue weighted by Gasteiger charge is -2.06. The number of nitrogens with zero attached hydrogens (tertiary/aromatic N) is 6. The summed E-state index contributed by atoms with van der Waals surface area (Å²) in [6.07, 6.45) is 1.66. The van der Waals surface area contributed by atoms with E-state index in [1.165, 1.54) is 10.2 Å². The second kappa shape index (κ2) is 7.24. The van der Waals surface area contributed by atoms with Gasteiger partial charge in [0.25, 0.3) is 5.91 Å². The van der Waals surface area contributed by atoms with Crippen molar-refractivity contribution in [3.63, 3.8) is 0 Å². The molecule has 0 unspecified atom stereocenters. The smallest absolute Gasteiger partial charge is 0.294 e. The number of carbonyl (C=O) groups excluding carboxylic acids is 1. The molecule has 148 valence electrons. The average Bonchev–Trinajstić information content (AvgIpc) is 3.50. The second-order valence-electron chi connectivity index (χ2n) is 6.69. The van der Waals surface area contributed by atoms with Crippen molar-refractivity contribution >= 4 is 17.4 Å². The molecule has 3 N–H and O–H groups in total. The highest BCUT2D eigenvalue weighted by molar-refractivity contribution is 6.06. The number of rotatable bonds is 4. The van der Waals surface area contributed by atoms with Gasteiger partial charge in [-0.1, -0.05) is 59.8 Å². The summed E-state index contributed by atoms with van der Waals surface area (Å²) in [6, 6.07) is 17.2. The Morgan fingerprint density at radius 1 is 1.07 bits per heavy atom. The van der Waals surface area contributed by atoms with E-state index in [2.05, 4.69) is 41.8 Å². The van der Waals surface area contributed by atoms with Crippen LogP contribution in [0, 0.1) is 0 Å². The predicted octanol–water partition coefficient (Wildman–Crippen LogP) is 1.98. The van der Waals surface area contributed by atoms with Crippen LogP contribution in [0.4, 0.5) is 5.82 Å². The first kappa shape index (κ1) is 17.7. The van der Waals surface area contributed by atoms with E-state index in [1.807, 2.05) is 48.5 Å². The molecule has 0 radical (unpaired) electrons. The van der Waals surface area contributed by atoms with Crippen molar-refractivity contribution in [1.82, 2.24) is 30.7 Å². The molecule has 0 spiro atoms. The standard InChI is InChI=1S/C20H16N8O2/c21-18-19(26-30-25-18)28-17(13-7-2-1-3-8-13)16(23-27-28)20(29)24-22-15-11-10-12-6-4-5-9-14(12)15/h1-9H,10-11H2,(H2,21,25)(H,24,29). The Hall–Kier alpha value is -4.34. The maximum Gasteiger partial charge on any atom is 0.294 e. The van der Waals surface area contributed by atoms with Gasteiger partial charge >= 0.3 is 0 Å². The summed E-state index contributed by atoms with van der Waals surface area (Å²) in [5.41, 5.74) is 12.7. The Morgan fingerprint density at radius 2 is 1.87 bits per heavy atom. The number of fused-ring (bicyclic) bond motifs is 1. The quantitative estimate of drug-likeness (QED) is 0.500. The summed E-state index contributed by atoms with van der Waals surface area (Å²) < 4.78 is 6.00. The molecule has 1 aliphatic carbocycles. The van der Waals surface area contributed by atoms with Gasteiger partial charge in [-0.25, -0.2) is 10.1 Å². The third-order valence-electron chi connectivity index (χ3n) is 4.88. The van der Waals surface area contributed by atoms with Gasteiger partial charge in [-0.2, -0.15) is 9.78 Å². The summed E-state index contributed by atoms with van der Waals surface area (Å²) in [4.78, 5) is 13.0. The summed E-state index contributed by atoms with van der Waals surface area (Å²) in [7, 11) is 0. The molecule has 30 heavy (non-hydrogen) atoms. The molecule has 2 heterocycles. The van der Waals surface area contributed by atoms with Crippen LogP contribution in [0.1, 0.15) is 28.0 Å². The Kier molecular flexibility index (Phi) is 4.28. The van der Waals surface area contributed by atoms with Gasteiger partial charge in [-0.15, -0.1) is 5.10 Å². The van der Waals surface area contributed by atoms with Crippen molar-refractivity contribution < 1.29 is 9.42 Å². The molecule has 2 aromatic heterocycles. The zero-order chi connectivity index (χ0) is 20.5. The molecule has 10 nitrogen and oxygen atoms in total. The minimum absolute atomic E-state index is 0.0341. The molecule has 0 atom stereocenters. The molecule has 1 aliphatic rings. The third kappa shape index (κ3) is 3.00. The topological polar surface area (TPSA) is 137 Å². The number of nitrogens with two attached hydrogens (primary N) is 1. The number of hydrogen-bond donors (Lipinski definition) is 2. The van der Waals surface area contributed by atoms with Crippen molar-refractivity contribution in [3.05, 3.63) is 71.4 Å². The van der Waals surface area contributed by atoms with Crippen LogP contribution in [0.3, 0.4) is 0 Å². The highest BCUT2D eigenvalue weighted by Crippen LogP contribution is 2.26. The van der Waals surface area contributed by atoms with Gasteiger partial charge in [0.15, 0.2) is 5.69 Å². The molecule has 0 saturated carbocycles. The number of nitrogen functional groups attached to an aromatic ring is 1. The highest BCUT2D eigenvalue weighted by atomic mass is 16.6. The van der Waals surface area contributed by atoms with Crippen LogP contribution < -0.4 is 11.2 Å². The summed E-state index contributed by atoms with van der Waals surface area (Å²) in [5, 5.41) is 19.8. The van der Waals surface area contributed by atoms with E-state index in [0.29, 0.717) is 11.3 Å². The van der Waals surface area contributed by atoms with Crippen molar-refractivity contribution in [2.45, 2.75) is 12.8 Å². The van der Waals surface area contributed by atoms with Crippen molar-refractivity contribution in [2.75, 3.05) is 5.73 Å². The number of anilines is 1. The number of carbonyl (C=O) groups is 1. The number of hydrogen-bond acceptors (Lipinski definition) is 8. The van der Waals surface area contributed by atoms with Gasteiger partial charge in [0.1, 0.15) is 5.69 Å². The Labute approximate surface area is 170 Å². The van der Waals surface area contributed by atoms with Crippen molar-refractivity contribution in [3.8, 4) is 17.1 Å². The predicted molar refractivity (Wildman–Crippen MR) is 108 cm³/mol. The lowest BCUT2D eigenvalue weighted by Crippen LogP contribution is -2.21. The van der Waals surface area contributed by atoms with Crippen LogP contribution in [-0.2, 0) is 6.42 Å². The molecule has 5 rings (SSSR count). The van der Waals surface area contributed by atoms with Crippen LogP contribution >= 0.6 is 0 Å². The first-order valence-electron chi connectivity index (χ1n) is 9.27. The van der Waals surface area contributed by atoms with E-state index < -0.39 is 5.91 Å². The maximum absolute atomic E-state index is 13.0. The van der Waals surface area contributed by atoms with Crippen LogP contribution in [0.2, 0.25) is 0 Å². The molecular weight excluding hydrogens is 384 g/mol. The lowest BCUT2D eigenvalue weighted by atomic mass is 10.1. The third-order valence-corrected chi connectivity index (χ3v) is 4.88. The van der Waals surface area contributed by atoms with Crippen LogP contribution in [0.25, 0.3) is 17.1 Å². The number of aryl methyl sites for hydroxylation is 1. The van der Waals surface area contributed by atoms with Crippen LogP contribution in [0.5, 0.6) is 0 Å². The fourth-order valence-corrected chi connectivity index (χ4v) is 3.47. The SMILES string of the molecule is Nc1nonc1-n1nnc(C(=O)NN=C2CCc3ccccc32)c1-c1ccccc1. The molecule has 0 fully saturated rings. The monoisotopic (exact) mass is 400 g/mol. The first-order chi connectivity index (χ1) is 14.7. The van der Waals surface area contributed by atoms with Gasteiger partial charge in [0.2, 0.25) is 11.6 Å². The fourth-order valence-electron chi connectivity index (χ4n) is 3.47. The Balaban J connectivity index is 1.52. The van der Waals surface area contributed by atoms with E-state index in [1.54, 1.807) is 0 Å². The highest BCUT2D eigenvalue weighted by Gasteiger charge is 2.25. The van der Waals surface area contributed by atoms with Gasteiger partial charge in [0, 0.05) is 11.1 Å². The van der Waals surface area contributed by atoms with Crippen molar-refractivity contribution in [2.24, 2.45) is 5.10 Å². The molecule has 1 amide bonds. The van der Waals surface area contributed by atoms with E-state index in [4.69, 9.17) is 5.73 Å². The minimum Gasteiger partial charge on any atom is -0.378 e. The molecule has 0 saturated heterocycles. The zero-order valence-electron chi connectivity index (χ0n) is 15.7. The Morgan fingerprint density at radius 3 is 2.67 bits per heavy atom. The lowest BCUT2D eigenvalue weighted by molar-refractivity contribution is 0.0950. The van der Waals surface area contributed by atoms with Gasteiger partial charge in [-0.05, 0) is 28.7 Å². The summed E-state index contributed by atoms with van der Waals surface area (Å²) >= 11 is 0. The number of amides is 1. The van der Waals surface area contributed by atoms with Gasteiger partial charge in [0.05, 0.1) is 5.71 Å². The van der Waals surface area contributed by atoms with Crippen molar-refractivity contribution in [1.29, 1.82) is 0 Å². The van der Waals surface area contributed by atoms with Crippen LogP contribution in [0.15, 0.2) is 64.3 Å². The Bertz CT molecular complexity index is 1260. The molecule has 0 bridgehead atoms. The van der Waals surface area contributed by atoms with E-state index in [9.17, 15) is 4.79 Å². The maximum atomic E-state index is 13.0. The largest absolute Gasteiger partial charge is 0.378 e. The average molecular weight is 400 g/mol. The first-order valence-corrected chi connectivity index (χ1v) is 9.27. The molecule has 10 heteroatoms. The number of nitrogens with one attached hydrogen (secondary N) is 1. The van der Waals surface area contributed by atoms with E-state index in [-0.39, 0.29) is 17.3 Å². The summed E-state index contributed by atoms with van der Waals surface area (Å²) in [5.74, 6) is -0.310. The molecule has 0 aliphatic heterocycles. The zero-order valence-corrected chi connectivity index (χ0v) is 15.7. The second-order valence-corrected chi connectivity index (χ2v) is 6.69. The minimum atomic E-state index is -0.494. The van der Waals surface area contributed by atoms with Crippen LogP contribution in [-0.4, -0.2) is 36.9 Å². The van der Waals surface area contributed by atoms with E-state index >= 15 is 0 Å².